The molecule has 0 aliphatic carbocycles. The molecule has 158 valence electrons. The van der Waals surface area contributed by atoms with E-state index in [0.717, 1.165) is 0 Å². The first kappa shape index (κ1) is 21.4. The molecule has 1 aliphatic rings. The molecule has 0 aromatic heterocycles. The number of fused-ring (bicyclic) bond motifs is 1. The summed E-state index contributed by atoms with van der Waals surface area (Å²) in [5.74, 6) is -0.0800. The van der Waals surface area contributed by atoms with Gasteiger partial charge in [-0.2, -0.15) is 0 Å². The second-order valence-electron chi connectivity index (χ2n) is 7.69. The Kier molecular flexibility index (Phi) is 6.72. The van der Waals surface area contributed by atoms with Crippen molar-refractivity contribution in [1.82, 2.24) is 0 Å². The molecule has 7 nitrogen and oxygen atoms in total. The molecule has 0 saturated carbocycles. The summed E-state index contributed by atoms with van der Waals surface area (Å²) in [5, 5.41) is 2.80. The lowest BCUT2D eigenvalue weighted by Crippen LogP contribution is -2.41. The highest BCUT2D eigenvalue weighted by molar-refractivity contribution is 6.05. The molecule has 7 heteroatoms. The van der Waals surface area contributed by atoms with E-state index in [4.69, 9.17) is 9.47 Å². The van der Waals surface area contributed by atoms with E-state index in [1.807, 2.05) is 0 Å². The number of hydrogen-bond acceptors (Lipinski definition) is 5. The van der Waals surface area contributed by atoms with Crippen LogP contribution in [0.25, 0.3) is 0 Å². The maximum absolute atomic E-state index is 12.9. The molecule has 1 N–H and O–H groups in total. The standard InChI is InChI=1S/C23H26N2O5/c1-15(2)13-29-18-10-8-17(9-11-18)23(28)30-14-22(27)25-16(3)12-21(26)24-19-6-4-5-7-20(19)25/h4-11,15-16H,12-14H2,1-3H3,(H,24,26)/t16-/m1/s1. The van der Waals surface area contributed by atoms with Gasteiger partial charge in [-0.25, -0.2) is 4.79 Å². The highest BCUT2D eigenvalue weighted by Crippen LogP contribution is 2.31. The first-order chi connectivity index (χ1) is 14.3. The van der Waals surface area contributed by atoms with Crippen LogP contribution < -0.4 is 15.0 Å². The van der Waals surface area contributed by atoms with Crippen LogP contribution in [0.5, 0.6) is 5.75 Å². The SMILES string of the molecule is CC(C)COc1ccc(C(=O)OCC(=O)N2c3ccccc3NC(=O)C[C@H]2C)cc1. The van der Waals surface area contributed by atoms with Gasteiger partial charge in [-0.05, 0) is 49.2 Å². The van der Waals surface area contributed by atoms with Crippen LogP contribution >= 0.6 is 0 Å². The highest BCUT2D eigenvalue weighted by Gasteiger charge is 2.30. The third-order valence-electron chi connectivity index (χ3n) is 4.63. The molecule has 2 aromatic carbocycles. The van der Waals surface area contributed by atoms with Crippen LogP contribution in [0.1, 0.15) is 37.6 Å². The quantitative estimate of drug-likeness (QED) is 0.735. The van der Waals surface area contributed by atoms with Crippen LogP contribution in [-0.4, -0.2) is 37.0 Å². The number of esters is 1. The summed E-state index contributed by atoms with van der Waals surface area (Å²) in [7, 11) is 0. The van der Waals surface area contributed by atoms with E-state index in [1.54, 1.807) is 55.5 Å². The van der Waals surface area contributed by atoms with Crippen molar-refractivity contribution in [2.75, 3.05) is 23.4 Å². The molecule has 2 aromatic rings. The van der Waals surface area contributed by atoms with Gasteiger partial charge in [0.2, 0.25) is 5.91 Å². The van der Waals surface area contributed by atoms with Gasteiger partial charge in [-0.15, -0.1) is 0 Å². The van der Waals surface area contributed by atoms with Gasteiger partial charge >= 0.3 is 5.97 Å². The zero-order chi connectivity index (χ0) is 21.7. The number of nitrogens with zero attached hydrogens (tertiary/aromatic N) is 1. The van der Waals surface area contributed by atoms with Crippen LogP contribution in [0.15, 0.2) is 48.5 Å². The molecular weight excluding hydrogens is 384 g/mol. The highest BCUT2D eigenvalue weighted by atomic mass is 16.5. The minimum absolute atomic E-state index is 0.159. The zero-order valence-corrected chi connectivity index (χ0v) is 17.4. The topological polar surface area (TPSA) is 84.9 Å². The van der Waals surface area contributed by atoms with Crippen molar-refractivity contribution < 1.29 is 23.9 Å². The molecule has 1 aliphatic heterocycles. The molecule has 0 spiro atoms. The van der Waals surface area contributed by atoms with Crippen molar-refractivity contribution in [3.63, 3.8) is 0 Å². The Hall–Kier alpha value is -3.35. The van der Waals surface area contributed by atoms with Gasteiger partial charge in [0, 0.05) is 12.5 Å². The summed E-state index contributed by atoms with van der Waals surface area (Å²) in [6, 6.07) is 13.3. The zero-order valence-electron chi connectivity index (χ0n) is 17.4. The van der Waals surface area contributed by atoms with Crippen molar-refractivity contribution in [3.05, 3.63) is 54.1 Å². The second kappa shape index (κ2) is 9.43. The van der Waals surface area contributed by atoms with Gasteiger partial charge < -0.3 is 19.7 Å². The summed E-state index contributed by atoms with van der Waals surface area (Å²) in [5.41, 5.74) is 1.48. The molecule has 0 saturated heterocycles. The van der Waals surface area contributed by atoms with E-state index in [9.17, 15) is 14.4 Å². The predicted octanol–water partition coefficient (Wildman–Crippen LogP) is 3.64. The van der Waals surface area contributed by atoms with Crippen molar-refractivity contribution in [1.29, 1.82) is 0 Å². The molecule has 30 heavy (non-hydrogen) atoms. The van der Waals surface area contributed by atoms with Crippen LogP contribution in [0.3, 0.4) is 0 Å². The molecule has 0 bridgehead atoms. The minimum Gasteiger partial charge on any atom is -0.493 e. The van der Waals surface area contributed by atoms with E-state index in [2.05, 4.69) is 19.2 Å². The lowest BCUT2D eigenvalue weighted by Gasteiger charge is -2.27. The number of anilines is 2. The lowest BCUT2D eigenvalue weighted by atomic mass is 10.1. The predicted molar refractivity (Wildman–Crippen MR) is 114 cm³/mol. The fraction of sp³-hybridized carbons (Fsp3) is 0.348. The first-order valence-corrected chi connectivity index (χ1v) is 9.96. The molecule has 0 radical (unpaired) electrons. The van der Waals surface area contributed by atoms with Gasteiger partial charge in [-0.3, -0.25) is 9.59 Å². The lowest BCUT2D eigenvalue weighted by molar-refractivity contribution is -0.122. The third-order valence-corrected chi connectivity index (χ3v) is 4.63. The summed E-state index contributed by atoms with van der Waals surface area (Å²) >= 11 is 0. The van der Waals surface area contributed by atoms with Crippen molar-refractivity contribution in [2.24, 2.45) is 5.92 Å². The normalized spacial score (nSPS) is 15.8. The monoisotopic (exact) mass is 410 g/mol. The number of hydrogen-bond donors (Lipinski definition) is 1. The van der Waals surface area contributed by atoms with E-state index in [1.165, 1.54) is 4.90 Å². The number of amides is 2. The molecule has 0 unspecified atom stereocenters. The Balaban J connectivity index is 1.65. The molecule has 2 amide bonds. The van der Waals surface area contributed by atoms with E-state index >= 15 is 0 Å². The van der Waals surface area contributed by atoms with E-state index in [-0.39, 0.29) is 18.4 Å². The molecule has 1 heterocycles. The molecule has 3 rings (SSSR count). The molecule has 0 fully saturated rings. The fourth-order valence-electron chi connectivity index (χ4n) is 3.20. The third kappa shape index (κ3) is 5.17. The number of ether oxygens (including phenoxy) is 2. The number of carbonyl (C=O) groups is 3. The Labute approximate surface area is 176 Å². The van der Waals surface area contributed by atoms with Gasteiger partial charge in [0.25, 0.3) is 5.91 Å². The number of carbonyl (C=O) groups excluding carboxylic acids is 3. The Morgan fingerprint density at radius 3 is 2.53 bits per heavy atom. The van der Waals surface area contributed by atoms with Crippen molar-refractivity contribution in [2.45, 2.75) is 33.2 Å². The molecular formula is C23H26N2O5. The van der Waals surface area contributed by atoms with Crippen LogP contribution in [-0.2, 0) is 14.3 Å². The van der Waals surface area contributed by atoms with Gasteiger partial charge in [0.15, 0.2) is 6.61 Å². The summed E-state index contributed by atoms with van der Waals surface area (Å²) in [6.07, 6.45) is 0.159. The fourth-order valence-corrected chi connectivity index (χ4v) is 3.20. The number of rotatable bonds is 6. The van der Waals surface area contributed by atoms with Crippen LogP contribution in [0.2, 0.25) is 0 Å². The van der Waals surface area contributed by atoms with Crippen molar-refractivity contribution in [3.8, 4) is 5.75 Å². The average molecular weight is 410 g/mol. The Morgan fingerprint density at radius 1 is 1.13 bits per heavy atom. The van der Waals surface area contributed by atoms with Crippen molar-refractivity contribution >= 4 is 29.2 Å². The summed E-state index contributed by atoms with van der Waals surface area (Å²) < 4.78 is 10.8. The largest absolute Gasteiger partial charge is 0.493 e. The maximum atomic E-state index is 12.9. The first-order valence-electron chi connectivity index (χ1n) is 9.96. The Morgan fingerprint density at radius 2 is 1.83 bits per heavy atom. The average Bonchev–Trinajstić information content (AvgIpc) is 2.84. The van der Waals surface area contributed by atoms with Gasteiger partial charge in [-0.1, -0.05) is 26.0 Å². The minimum atomic E-state index is -0.594. The maximum Gasteiger partial charge on any atom is 0.338 e. The summed E-state index contributed by atoms with van der Waals surface area (Å²) in [6.45, 7) is 6.07. The van der Waals surface area contributed by atoms with Gasteiger partial charge in [0.05, 0.1) is 23.5 Å². The van der Waals surface area contributed by atoms with Crippen LogP contribution in [0.4, 0.5) is 11.4 Å². The smallest absolute Gasteiger partial charge is 0.338 e. The number of benzene rings is 2. The van der Waals surface area contributed by atoms with E-state index in [0.29, 0.717) is 35.2 Å². The number of para-hydroxylation sites is 2. The molecule has 1 atom stereocenters. The second-order valence-corrected chi connectivity index (χ2v) is 7.69. The Bertz CT molecular complexity index is 923. The van der Waals surface area contributed by atoms with Gasteiger partial charge in [0.1, 0.15) is 5.75 Å². The van der Waals surface area contributed by atoms with Crippen LogP contribution in [0, 0.1) is 5.92 Å². The van der Waals surface area contributed by atoms with E-state index < -0.39 is 18.5 Å². The summed E-state index contributed by atoms with van der Waals surface area (Å²) in [4.78, 5) is 38.8. The number of nitrogens with one attached hydrogen (secondary N) is 1.